The number of benzene rings is 1. The summed E-state index contributed by atoms with van der Waals surface area (Å²) in [6, 6.07) is 3.83. The number of halogens is 2. The van der Waals surface area contributed by atoms with Gasteiger partial charge in [0.15, 0.2) is 6.35 Å². The summed E-state index contributed by atoms with van der Waals surface area (Å²) in [4.78, 5) is 33.9. The van der Waals surface area contributed by atoms with E-state index in [1.54, 1.807) is 23.7 Å². The third kappa shape index (κ3) is 4.94. The summed E-state index contributed by atoms with van der Waals surface area (Å²) in [5.41, 5.74) is 2.34. The smallest absolute Gasteiger partial charge is 0.316 e. The molecule has 2 aliphatic rings. The van der Waals surface area contributed by atoms with Crippen LogP contribution in [-0.4, -0.2) is 88.4 Å². The number of aromatic nitrogens is 2. The number of hydrogen-bond donors (Lipinski definition) is 3. The molecule has 2 aliphatic heterocycles. The van der Waals surface area contributed by atoms with Crippen molar-refractivity contribution < 1.29 is 23.9 Å². The minimum absolute atomic E-state index is 0.0509. The number of urea groups is 1. The van der Waals surface area contributed by atoms with E-state index in [4.69, 9.17) is 16.4 Å². The van der Waals surface area contributed by atoms with Crippen molar-refractivity contribution in [2.75, 3.05) is 39.5 Å². The second-order valence-corrected chi connectivity index (χ2v) is 8.84. The first-order valence-electron chi connectivity index (χ1n) is 10.8. The molecule has 0 spiro atoms. The normalized spacial score (nSPS) is 19.2. The van der Waals surface area contributed by atoms with E-state index < -0.39 is 18.3 Å². The van der Waals surface area contributed by atoms with Crippen LogP contribution in [0.4, 0.5) is 14.9 Å². The Labute approximate surface area is 200 Å². The Morgan fingerprint density at radius 1 is 1.44 bits per heavy atom. The highest BCUT2D eigenvalue weighted by Crippen LogP contribution is 2.27. The summed E-state index contributed by atoms with van der Waals surface area (Å²) >= 11 is 5.83. The molecular formula is C21H27ClFN7O4. The first-order chi connectivity index (χ1) is 16.1. The molecule has 0 bridgehead atoms. The number of carbonyl (C=O) groups excluding carboxylic acids is 2. The fourth-order valence-electron chi connectivity index (χ4n) is 3.96. The second-order valence-electron chi connectivity index (χ2n) is 8.43. The van der Waals surface area contributed by atoms with Gasteiger partial charge < -0.3 is 20.6 Å². The van der Waals surface area contributed by atoms with Crippen molar-refractivity contribution in [2.45, 2.75) is 32.0 Å². The summed E-state index contributed by atoms with van der Waals surface area (Å²) < 4.78 is 15.0. The van der Waals surface area contributed by atoms with Gasteiger partial charge >= 0.3 is 6.03 Å². The number of nitrogens with zero attached hydrogens (tertiary/aromatic N) is 5. The molecule has 1 aromatic heterocycles. The van der Waals surface area contributed by atoms with Gasteiger partial charge in [-0.15, -0.1) is 0 Å². The average Bonchev–Trinajstić information content (AvgIpc) is 3.10. The molecule has 2 aromatic rings. The standard InChI is InChI=1S/C21H27ClFN7O4/c1-27(2)20(32)24-9-13-10-30-18(19(31)28(3)34-13)14-11-29(7-6-17(14)26-30)21(33)25-12-4-5-16(23)15(22)8-12/h4-5,8,13,21,25,33H,6-7,9-11H2,1-3H3,(H,24,32). The second kappa shape index (κ2) is 9.74. The van der Waals surface area contributed by atoms with Crippen molar-refractivity contribution in [1.82, 2.24) is 30.0 Å². The van der Waals surface area contributed by atoms with E-state index in [1.165, 1.54) is 30.1 Å². The number of rotatable bonds is 5. The Balaban J connectivity index is 1.50. The predicted octanol–water partition coefficient (Wildman–Crippen LogP) is 1.08. The number of hydroxylamine groups is 2. The average molecular weight is 496 g/mol. The maximum absolute atomic E-state index is 13.4. The van der Waals surface area contributed by atoms with Crippen molar-refractivity contribution in [3.05, 3.63) is 46.0 Å². The van der Waals surface area contributed by atoms with Crippen LogP contribution >= 0.6 is 11.6 Å². The highest BCUT2D eigenvalue weighted by atomic mass is 35.5. The molecule has 3 amide bonds. The predicted molar refractivity (Wildman–Crippen MR) is 121 cm³/mol. The number of aliphatic hydroxyl groups is 1. The molecule has 1 aromatic carbocycles. The Kier molecular flexibility index (Phi) is 6.94. The lowest BCUT2D eigenvalue weighted by Crippen LogP contribution is -2.44. The molecule has 3 heterocycles. The Bertz CT molecular complexity index is 1100. The Morgan fingerprint density at radius 3 is 2.91 bits per heavy atom. The molecule has 0 saturated carbocycles. The van der Waals surface area contributed by atoms with E-state index in [9.17, 15) is 19.1 Å². The summed E-state index contributed by atoms with van der Waals surface area (Å²) in [5, 5.41) is 22.1. The van der Waals surface area contributed by atoms with Crippen LogP contribution in [0.25, 0.3) is 0 Å². The fraction of sp³-hybridized carbons (Fsp3) is 0.476. The lowest BCUT2D eigenvalue weighted by molar-refractivity contribution is -0.146. The SMILES string of the molecule is CN(C)C(=O)NCC1Cn2nc3c(c2C(=O)N(C)O1)CN(C(O)Nc1ccc(F)c(Cl)c1)CC3. The number of nitrogens with one attached hydrogen (secondary N) is 2. The van der Waals surface area contributed by atoms with Crippen LogP contribution in [0.2, 0.25) is 5.02 Å². The van der Waals surface area contributed by atoms with Crippen LogP contribution in [-0.2, 0) is 24.3 Å². The van der Waals surface area contributed by atoms with Crippen molar-refractivity contribution in [3.63, 3.8) is 0 Å². The Morgan fingerprint density at radius 2 is 2.21 bits per heavy atom. The minimum atomic E-state index is -1.09. The van der Waals surface area contributed by atoms with E-state index in [0.717, 1.165) is 10.8 Å². The molecule has 13 heteroatoms. The fourth-order valence-corrected chi connectivity index (χ4v) is 4.14. The van der Waals surface area contributed by atoms with Gasteiger partial charge in [0, 0.05) is 58.4 Å². The van der Waals surface area contributed by atoms with Crippen LogP contribution in [0.3, 0.4) is 0 Å². The number of fused-ring (bicyclic) bond motifs is 3. The molecule has 34 heavy (non-hydrogen) atoms. The molecule has 184 valence electrons. The lowest BCUT2D eigenvalue weighted by Gasteiger charge is -2.32. The number of carbonyl (C=O) groups is 2. The number of amides is 3. The van der Waals surface area contributed by atoms with Crippen molar-refractivity contribution in [2.24, 2.45) is 0 Å². The van der Waals surface area contributed by atoms with E-state index in [-0.39, 0.29) is 36.6 Å². The van der Waals surface area contributed by atoms with Gasteiger partial charge in [-0.2, -0.15) is 5.10 Å². The topological polar surface area (TPSA) is 115 Å². The van der Waals surface area contributed by atoms with Crippen molar-refractivity contribution in [3.8, 4) is 0 Å². The van der Waals surface area contributed by atoms with Gasteiger partial charge in [-0.1, -0.05) is 11.6 Å². The first kappa shape index (κ1) is 24.2. The molecule has 3 N–H and O–H groups in total. The van der Waals surface area contributed by atoms with Gasteiger partial charge in [-0.05, 0) is 18.2 Å². The number of aliphatic hydroxyl groups excluding tert-OH is 1. The van der Waals surface area contributed by atoms with Gasteiger partial charge in [-0.3, -0.25) is 19.2 Å². The van der Waals surface area contributed by atoms with Crippen LogP contribution in [0.15, 0.2) is 18.2 Å². The van der Waals surface area contributed by atoms with Crippen LogP contribution in [0.1, 0.15) is 21.7 Å². The first-order valence-corrected chi connectivity index (χ1v) is 11.1. The van der Waals surface area contributed by atoms with Crippen LogP contribution < -0.4 is 10.6 Å². The molecule has 11 nitrogen and oxygen atoms in total. The highest BCUT2D eigenvalue weighted by molar-refractivity contribution is 6.31. The van der Waals surface area contributed by atoms with Crippen molar-refractivity contribution >= 4 is 29.2 Å². The van der Waals surface area contributed by atoms with E-state index >= 15 is 0 Å². The molecular weight excluding hydrogens is 469 g/mol. The third-order valence-corrected chi connectivity index (χ3v) is 6.04. The summed E-state index contributed by atoms with van der Waals surface area (Å²) in [6.07, 6.45) is -1.06. The van der Waals surface area contributed by atoms with Gasteiger partial charge in [0.1, 0.15) is 17.6 Å². The number of hydrogen-bond acceptors (Lipinski definition) is 7. The summed E-state index contributed by atoms with van der Waals surface area (Å²) in [7, 11) is 4.80. The van der Waals surface area contributed by atoms with Gasteiger partial charge in [0.05, 0.1) is 17.3 Å². The zero-order valence-corrected chi connectivity index (χ0v) is 19.8. The Hall–Kier alpha value is -2.93. The van der Waals surface area contributed by atoms with E-state index in [0.29, 0.717) is 29.9 Å². The molecule has 0 aliphatic carbocycles. The minimum Gasteiger partial charge on any atom is -0.361 e. The number of anilines is 1. The molecule has 0 saturated heterocycles. The van der Waals surface area contributed by atoms with Gasteiger partial charge in [-0.25, -0.2) is 14.2 Å². The van der Waals surface area contributed by atoms with Gasteiger partial charge in [0.2, 0.25) is 0 Å². The maximum Gasteiger partial charge on any atom is 0.316 e. The molecule has 2 unspecified atom stereocenters. The summed E-state index contributed by atoms with van der Waals surface area (Å²) in [5.74, 6) is -0.902. The van der Waals surface area contributed by atoms with E-state index in [1.807, 2.05) is 0 Å². The lowest BCUT2D eigenvalue weighted by atomic mass is 10.0. The monoisotopic (exact) mass is 495 g/mol. The van der Waals surface area contributed by atoms with E-state index in [2.05, 4.69) is 15.7 Å². The van der Waals surface area contributed by atoms with Gasteiger partial charge in [0.25, 0.3) is 5.91 Å². The van der Waals surface area contributed by atoms with Crippen LogP contribution in [0.5, 0.6) is 0 Å². The molecule has 0 radical (unpaired) electrons. The summed E-state index contributed by atoms with van der Waals surface area (Å²) in [6.45, 7) is 1.25. The van der Waals surface area contributed by atoms with Crippen LogP contribution in [0, 0.1) is 5.82 Å². The molecule has 2 atom stereocenters. The zero-order valence-electron chi connectivity index (χ0n) is 19.1. The zero-order chi connectivity index (χ0) is 24.6. The largest absolute Gasteiger partial charge is 0.361 e. The quantitative estimate of drug-likeness (QED) is 0.532. The molecule has 4 rings (SSSR count). The van der Waals surface area contributed by atoms with Crippen molar-refractivity contribution in [1.29, 1.82) is 0 Å². The maximum atomic E-state index is 13.4. The molecule has 0 fully saturated rings. The highest BCUT2D eigenvalue weighted by Gasteiger charge is 2.35. The third-order valence-electron chi connectivity index (χ3n) is 5.75.